The highest BCUT2D eigenvalue weighted by atomic mass is 16.4. The van der Waals surface area contributed by atoms with Gasteiger partial charge in [-0.25, -0.2) is 4.79 Å². The Hall–Kier alpha value is -1.55. The monoisotopic (exact) mass is 265 g/mol. The van der Waals surface area contributed by atoms with Crippen molar-refractivity contribution in [3.05, 3.63) is 35.9 Å². The molecule has 0 saturated carbocycles. The molecule has 0 radical (unpaired) electrons. The second-order valence-corrected chi connectivity index (χ2v) is 5.74. The molecule has 1 atom stereocenters. The Morgan fingerprint density at radius 1 is 1.26 bits per heavy atom. The fourth-order valence-electron chi connectivity index (χ4n) is 1.92. The number of amides is 1. The van der Waals surface area contributed by atoms with Crippen molar-refractivity contribution in [1.29, 1.82) is 0 Å². The number of β-amino-alcohol motifs (C(OH)–C–C–N with tert-alkyl or cyclic N) is 1. The lowest BCUT2D eigenvalue weighted by Crippen LogP contribution is -2.48. The first kappa shape index (κ1) is 15.5. The number of aryl methyl sites for hydroxylation is 1. The van der Waals surface area contributed by atoms with Crippen LogP contribution in [-0.4, -0.2) is 39.4 Å². The number of carbonyl (C=O) groups is 1. The third-order valence-corrected chi connectivity index (χ3v) is 3.04. The smallest absolute Gasteiger partial charge is 0.407 e. The van der Waals surface area contributed by atoms with E-state index >= 15 is 0 Å². The van der Waals surface area contributed by atoms with Crippen LogP contribution in [0.5, 0.6) is 0 Å². The van der Waals surface area contributed by atoms with Gasteiger partial charge in [0.1, 0.15) is 0 Å². The van der Waals surface area contributed by atoms with Gasteiger partial charge >= 0.3 is 6.09 Å². The zero-order chi connectivity index (χ0) is 14.5. The largest absolute Gasteiger partial charge is 0.465 e. The van der Waals surface area contributed by atoms with Crippen LogP contribution < -0.4 is 0 Å². The van der Waals surface area contributed by atoms with E-state index in [-0.39, 0.29) is 6.54 Å². The summed E-state index contributed by atoms with van der Waals surface area (Å²) in [4.78, 5) is 12.5. The van der Waals surface area contributed by atoms with Gasteiger partial charge < -0.3 is 15.1 Å². The van der Waals surface area contributed by atoms with Gasteiger partial charge in [-0.05, 0) is 39.2 Å². The highest BCUT2D eigenvalue weighted by molar-refractivity contribution is 5.66. The van der Waals surface area contributed by atoms with Gasteiger partial charge in [-0.15, -0.1) is 0 Å². The molecular formula is C15H23NO3. The summed E-state index contributed by atoms with van der Waals surface area (Å²) in [5.74, 6) is 0. The molecule has 0 saturated heterocycles. The maximum atomic E-state index is 11.2. The van der Waals surface area contributed by atoms with Gasteiger partial charge in [0.25, 0.3) is 0 Å². The quantitative estimate of drug-likeness (QED) is 0.860. The van der Waals surface area contributed by atoms with E-state index in [1.807, 2.05) is 51.1 Å². The Kier molecular flexibility index (Phi) is 5.36. The molecule has 1 aromatic carbocycles. The van der Waals surface area contributed by atoms with Crippen LogP contribution in [-0.2, 0) is 6.42 Å². The van der Waals surface area contributed by atoms with Crippen LogP contribution in [0.15, 0.2) is 30.3 Å². The van der Waals surface area contributed by atoms with Crippen molar-refractivity contribution in [2.75, 3.05) is 6.54 Å². The summed E-state index contributed by atoms with van der Waals surface area (Å²) in [6.07, 6.45) is -0.328. The molecule has 0 aliphatic heterocycles. The summed E-state index contributed by atoms with van der Waals surface area (Å²) >= 11 is 0. The standard InChI is InChI=1S/C15H23NO3/c1-15(2,3)16(14(18)19)11-13(17)10-9-12-7-5-4-6-8-12/h4-8,13,17H,9-11H2,1-3H3,(H,18,19). The van der Waals surface area contributed by atoms with Crippen molar-refractivity contribution in [2.45, 2.75) is 45.3 Å². The Morgan fingerprint density at radius 3 is 2.32 bits per heavy atom. The van der Waals surface area contributed by atoms with E-state index in [0.29, 0.717) is 6.42 Å². The topological polar surface area (TPSA) is 60.8 Å². The average Bonchev–Trinajstić information content (AvgIpc) is 2.33. The number of aliphatic hydroxyl groups is 1. The molecule has 106 valence electrons. The number of carboxylic acid groups (broad SMARTS) is 1. The van der Waals surface area contributed by atoms with Crippen LogP contribution in [0.1, 0.15) is 32.8 Å². The normalized spacial score (nSPS) is 13.1. The van der Waals surface area contributed by atoms with Gasteiger partial charge in [-0.1, -0.05) is 30.3 Å². The van der Waals surface area contributed by atoms with Crippen LogP contribution in [0, 0.1) is 0 Å². The molecule has 1 unspecified atom stereocenters. The molecule has 4 nitrogen and oxygen atoms in total. The molecule has 4 heteroatoms. The second-order valence-electron chi connectivity index (χ2n) is 5.74. The van der Waals surface area contributed by atoms with Gasteiger partial charge in [0, 0.05) is 5.54 Å². The van der Waals surface area contributed by atoms with Crippen molar-refractivity contribution in [1.82, 2.24) is 4.90 Å². The summed E-state index contributed by atoms with van der Waals surface area (Å²) in [7, 11) is 0. The van der Waals surface area contributed by atoms with Gasteiger partial charge in [-0.3, -0.25) is 0 Å². The fraction of sp³-hybridized carbons (Fsp3) is 0.533. The number of benzene rings is 1. The summed E-state index contributed by atoms with van der Waals surface area (Å²) < 4.78 is 0. The van der Waals surface area contributed by atoms with Gasteiger partial charge in [0.15, 0.2) is 0 Å². The lowest BCUT2D eigenvalue weighted by molar-refractivity contribution is 0.0529. The van der Waals surface area contributed by atoms with E-state index in [9.17, 15) is 9.90 Å². The maximum absolute atomic E-state index is 11.2. The predicted molar refractivity (Wildman–Crippen MR) is 75.3 cm³/mol. The summed E-state index contributed by atoms with van der Waals surface area (Å²) in [6.45, 7) is 5.62. The van der Waals surface area contributed by atoms with Crippen LogP contribution in [0.3, 0.4) is 0 Å². The first-order chi connectivity index (χ1) is 8.80. The second kappa shape index (κ2) is 6.57. The van der Waals surface area contributed by atoms with Crippen molar-refractivity contribution >= 4 is 6.09 Å². The van der Waals surface area contributed by atoms with Crippen molar-refractivity contribution in [3.63, 3.8) is 0 Å². The predicted octanol–water partition coefficient (Wildman–Crippen LogP) is 2.76. The molecule has 0 bridgehead atoms. The van der Waals surface area contributed by atoms with Gasteiger partial charge in [0.2, 0.25) is 0 Å². The molecule has 0 spiro atoms. The third-order valence-electron chi connectivity index (χ3n) is 3.04. The third kappa shape index (κ3) is 5.30. The van der Waals surface area contributed by atoms with E-state index in [0.717, 1.165) is 12.0 Å². The minimum atomic E-state index is -0.994. The van der Waals surface area contributed by atoms with E-state index in [4.69, 9.17) is 5.11 Å². The van der Waals surface area contributed by atoms with Crippen LogP contribution in [0.25, 0.3) is 0 Å². The minimum Gasteiger partial charge on any atom is -0.465 e. The minimum absolute atomic E-state index is 0.145. The summed E-state index contributed by atoms with van der Waals surface area (Å²) in [5.41, 5.74) is 0.652. The first-order valence-electron chi connectivity index (χ1n) is 6.53. The molecule has 1 aromatic rings. The molecule has 2 N–H and O–H groups in total. The van der Waals surface area contributed by atoms with E-state index < -0.39 is 17.7 Å². The lowest BCUT2D eigenvalue weighted by atomic mass is 10.0. The SMILES string of the molecule is CC(C)(C)N(CC(O)CCc1ccccc1)C(=O)O. The number of hydrogen-bond donors (Lipinski definition) is 2. The number of aliphatic hydroxyl groups excluding tert-OH is 1. The zero-order valence-electron chi connectivity index (χ0n) is 11.8. The van der Waals surface area contributed by atoms with E-state index in [2.05, 4.69) is 0 Å². The van der Waals surface area contributed by atoms with E-state index in [1.54, 1.807) is 0 Å². The van der Waals surface area contributed by atoms with Crippen LogP contribution in [0.4, 0.5) is 4.79 Å². The maximum Gasteiger partial charge on any atom is 0.407 e. The number of hydrogen-bond acceptors (Lipinski definition) is 2. The summed E-state index contributed by atoms with van der Waals surface area (Å²) in [5, 5.41) is 19.1. The molecule has 0 aromatic heterocycles. The number of nitrogens with zero attached hydrogens (tertiary/aromatic N) is 1. The molecule has 0 aliphatic carbocycles. The average molecular weight is 265 g/mol. The fourth-order valence-corrected chi connectivity index (χ4v) is 1.92. The van der Waals surface area contributed by atoms with Crippen LogP contribution in [0.2, 0.25) is 0 Å². The van der Waals surface area contributed by atoms with Crippen molar-refractivity contribution < 1.29 is 15.0 Å². The Morgan fingerprint density at radius 2 is 1.84 bits per heavy atom. The zero-order valence-corrected chi connectivity index (χ0v) is 11.8. The number of rotatable bonds is 5. The molecule has 0 aliphatic rings. The molecule has 1 amide bonds. The molecular weight excluding hydrogens is 242 g/mol. The lowest BCUT2D eigenvalue weighted by Gasteiger charge is -2.34. The van der Waals surface area contributed by atoms with Gasteiger partial charge in [0.05, 0.1) is 12.6 Å². The van der Waals surface area contributed by atoms with Gasteiger partial charge in [-0.2, -0.15) is 0 Å². The molecule has 1 rings (SSSR count). The van der Waals surface area contributed by atoms with Crippen molar-refractivity contribution in [3.8, 4) is 0 Å². The molecule has 0 heterocycles. The molecule has 0 fully saturated rings. The summed E-state index contributed by atoms with van der Waals surface area (Å²) in [6, 6.07) is 9.88. The van der Waals surface area contributed by atoms with Crippen molar-refractivity contribution in [2.24, 2.45) is 0 Å². The Balaban J connectivity index is 2.50. The Bertz CT molecular complexity index is 398. The Labute approximate surface area is 114 Å². The first-order valence-corrected chi connectivity index (χ1v) is 6.53. The molecule has 19 heavy (non-hydrogen) atoms. The van der Waals surface area contributed by atoms with E-state index in [1.165, 1.54) is 4.90 Å². The van der Waals surface area contributed by atoms with Crippen LogP contribution >= 0.6 is 0 Å². The highest BCUT2D eigenvalue weighted by Crippen LogP contribution is 2.15. The highest BCUT2D eigenvalue weighted by Gasteiger charge is 2.27.